The van der Waals surface area contributed by atoms with E-state index in [0.717, 1.165) is 11.5 Å². The number of fused-ring (bicyclic) bond motifs is 1. The SMILES string of the molecule is CP1c2cccc3c2C2(NCO3)c3c1ccc1c3C3c4c-1ccc1c4C4(NCOc5cccc(c54)P1C)[n+]1ncc[n+]2c13. The molecule has 2 spiro atoms. The molecule has 12 rings (SSSR count). The first kappa shape index (κ1) is 22.8. The molecule has 1 aromatic heterocycles. The van der Waals surface area contributed by atoms with Crippen LogP contribution in [0.5, 0.6) is 11.5 Å². The van der Waals surface area contributed by atoms with Crippen LogP contribution in [0.3, 0.4) is 0 Å². The summed E-state index contributed by atoms with van der Waals surface area (Å²) in [5.74, 6) is 3.24. The van der Waals surface area contributed by atoms with Gasteiger partial charge in [-0.25, -0.2) is 10.6 Å². The van der Waals surface area contributed by atoms with Crippen molar-refractivity contribution in [3.05, 3.63) is 112 Å². The van der Waals surface area contributed by atoms with Gasteiger partial charge in [0.25, 0.3) is 5.66 Å². The Kier molecular flexibility index (Phi) is 3.69. The number of aromatic nitrogens is 3. The summed E-state index contributed by atoms with van der Waals surface area (Å²) >= 11 is 0. The van der Waals surface area contributed by atoms with Crippen LogP contribution in [0.4, 0.5) is 0 Å². The average molecular weight is 598 g/mol. The van der Waals surface area contributed by atoms with Crippen LogP contribution in [0, 0.1) is 0 Å². The molecule has 43 heavy (non-hydrogen) atoms. The summed E-state index contributed by atoms with van der Waals surface area (Å²) in [5.41, 5.74) is 9.69. The molecule has 0 bridgehead atoms. The molecule has 5 atom stereocenters. The van der Waals surface area contributed by atoms with Crippen LogP contribution >= 0.6 is 15.8 Å². The predicted octanol–water partition coefficient (Wildman–Crippen LogP) is 1.57. The smallest absolute Gasteiger partial charge is 0.459 e. The second-order valence-electron chi connectivity index (χ2n) is 12.5. The van der Waals surface area contributed by atoms with Crippen molar-refractivity contribution < 1.29 is 18.7 Å². The van der Waals surface area contributed by atoms with Gasteiger partial charge in [-0.2, -0.15) is 0 Å². The molecule has 7 nitrogen and oxygen atoms in total. The lowest BCUT2D eigenvalue weighted by atomic mass is 9.73. The molecule has 0 radical (unpaired) electrons. The van der Waals surface area contributed by atoms with Crippen molar-refractivity contribution in [2.45, 2.75) is 17.2 Å². The Hall–Kier alpha value is -3.73. The van der Waals surface area contributed by atoms with E-state index in [1.165, 1.54) is 71.6 Å². The molecule has 5 unspecified atom stereocenters. The van der Waals surface area contributed by atoms with Gasteiger partial charge in [0.1, 0.15) is 25.0 Å². The summed E-state index contributed by atoms with van der Waals surface area (Å²) in [6.45, 7) is 5.69. The summed E-state index contributed by atoms with van der Waals surface area (Å²) in [7, 11) is -1.13. The Labute approximate surface area is 250 Å². The van der Waals surface area contributed by atoms with E-state index in [9.17, 15) is 0 Å². The minimum Gasteiger partial charge on any atom is -0.477 e. The van der Waals surface area contributed by atoms with Gasteiger partial charge in [0.15, 0.2) is 12.1 Å². The van der Waals surface area contributed by atoms with E-state index in [4.69, 9.17) is 14.6 Å². The zero-order valence-electron chi connectivity index (χ0n) is 23.5. The number of nitrogens with zero attached hydrogens (tertiary/aromatic N) is 3. The zero-order valence-corrected chi connectivity index (χ0v) is 25.3. The summed E-state index contributed by atoms with van der Waals surface area (Å²) in [6.07, 6.45) is 4.20. The largest absolute Gasteiger partial charge is 0.477 e. The van der Waals surface area contributed by atoms with E-state index < -0.39 is 27.2 Å². The highest BCUT2D eigenvalue weighted by atomic mass is 31.1. The molecule has 206 valence electrons. The van der Waals surface area contributed by atoms with Gasteiger partial charge in [-0.15, -0.1) is 4.57 Å². The maximum Gasteiger partial charge on any atom is 0.459 e. The van der Waals surface area contributed by atoms with E-state index in [-0.39, 0.29) is 5.92 Å². The minimum atomic E-state index is -0.660. The van der Waals surface area contributed by atoms with Crippen molar-refractivity contribution in [1.29, 1.82) is 0 Å². The summed E-state index contributed by atoms with van der Waals surface area (Å²) < 4.78 is 17.5. The molecule has 6 aliphatic heterocycles. The van der Waals surface area contributed by atoms with Crippen molar-refractivity contribution in [3.63, 3.8) is 0 Å². The van der Waals surface area contributed by atoms with E-state index in [1.54, 1.807) is 0 Å². The normalized spacial score (nSPS) is 29.1. The highest BCUT2D eigenvalue weighted by Gasteiger charge is 2.72. The zero-order chi connectivity index (χ0) is 28.0. The molecular formula is C34H25N5O2P2+2. The lowest BCUT2D eigenvalue weighted by Crippen LogP contribution is -2.84. The van der Waals surface area contributed by atoms with Gasteiger partial charge in [0.2, 0.25) is 6.20 Å². The molecule has 7 aliphatic rings. The van der Waals surface area contributed by atoms with E-state index in [1.807, 2.05) is 6.20 Å². The number of rotatable bonds is 0. The van der Waals surface area contributed by atoms with E-state index in [2.05, 4.69) is 100 Å². The second kappa shape index (κ2) is 6.98. The molecule has 0 fully saturated rings. The third kappa shape index (κ3) is 2.12. The lowest BCUT2D eigenvalue weighted by Gasteiger charge is -2.47. The fourth-order valence-electron chi connectivity index (χ4n) is 9.69. The van der Waals surface area contributed by atoms with Gasteiger partial charge >= 0.3 is 11.5 Å². The third-order valence-corrected chi connectivity index (χ3v) is 15.5. The van der Waals surface area contributed by atoms with Crippen molar-refractivity contribution >= 4 is 37.1 Å². The van der Waals surface area contributed by atoms with Gasteiger partial charge in [-0.1, -0.05) is 48.5 Å². The fraction of sp³-hybridized carbons (Fsp3) is 0.206. The van der Waals surface area contributed by atoms with Crippen LogP contribution in [0.1, 0.15) is 45.1 Å². The predicted molar refractivity (Wildman–Crippen MR) is 164 cm³/mol. The van der Waals surface area contributed by atoms with Crippen LogP contribution in [-0.4, -0.2) is 31.9 Å². The van der Waals surface area contributed by atoms with Crippen LogP contribution in [-0.2, 0) is 11.3 Å². The summed E-state index contributed by atoms with van der Waals surface area (Å²) in [6, 6.07) is 22.9. The van der Waals surface area contributed by atoms with Gasteiger partial charge in [0.05, 0.1) is 22.3 Å². The number of ether oxygens (including phenoxy) is 2. The van der Waals surface area contributed by atoms with Gasteiger partial charge in [0, 0.05) is 9.78 Å². The topological polar surface area (TPSA) is 63.2 Å². The first-order valence-electron chi connectivity index (χ1n) is 14.9. The second-order valence-corrected chi connectivity index (χ2v) is 16.7. The number of hydrogen-bond acceptors (Lipinski definition) is 5. The maximum absolute atomic E-state index is 6.34. The van der Waals surface area contributed by atoms with Crippen molar-refractivity contribution in [2.24, 2.45) is 0 Å². The Bertz CT molecular complexity index is 2090. The third-order valence-electron chi connectivity index (χ3n) is 11.1. The van der Waals surface area contributed by atoms with Gasteiger partial charge < -0.3 is 9.47 Å². The quantitative estimate of drug-likeness (QED) is 0.206. The summed E-state index contributed by atoms with van der Waals surface area (Å²) in [4.78, 5) is 0. The Morgan fingerprint density at radius 2 is 1.28 bits per heavy atom. The molecule has 2 N–H and O–H groups in total. The van der Waals surface area contributed by atoms with Crippen LogP contribution in [0.2, 0.25) is 0 Å². The van der Waals surface area contributed by atoms with Gasteiger partial charge in [-0.3, -0.25) is 0 Å². The first-order chi connectivity index (χ1) is 21.2. The lowest BCUT2D eigenvalue weighted by molar-refractivity contribution is -0.914. The minimum absolute atomic E-state index is 0.100. The Morgan fingerprint density at radius 3 is 1.93 bits per heavy atom. The Balaban J connectivity index is 1.34. The monoisotopic (exact) mass is 597 g/mol. The Morgan fingerprint density at radius 1 is 0.721 bits per heavy atom. The molecule has 7 heterocycles. The van der Waals surface area contributed by atoms with Crippen molar-refractivity contribution in [3.8, 4) is 22.6 Å². The van der Waals surface area contributed by atoms with E-state index >= 15 is 0 Å². The van der Waals surface area contributed by atoms with Gasteiger partial charge in [-0.05, 0) is 84.8 Å². The number of benzene rings is 4. The molecule has 0 saturated heterocycles. The fourth-order valence-corrected chi connectivity index (χ4v) is 13.9. The standard InChI is InChI=1S/C34H25N5O2P2/c1-42-21-7-3-5-19-28(21)33(35-15-40-19)30-23(42)11-9-17-18-10-12-24-31-26(18)27(25(17)30)32-38(33)14-13-37-39(32)34(31)29-20(41-16-36-34)6-4-8-22(29)43(24)2/h3-14,27,35-36H,15-16H2,1-2H3/q+2. The average Bonchev–Trinajstić information content (AvgIpc) is 3.39. The first-order valence-corrected chi connectivity index (χ1v) is 18.4. The molecule has 0 amide bonds. The molecular weight excluding hydrogens is 572 g/mol. The number of nitrogens with one attached hydrogen (secondary N) is 2. The molecule has 1 aliphatic carbocycles. The maximum atomic E-state index is 6.34. The van der Waals surface area contributed by atoms with Crippen molar-refractivity contribution in [1.82, 2.24) is 15.7 Å². The van der Waals surface area contributed by atoms with Crippen LogP contribution in [0.15, 0.2) is 73.1 Å². The molecule has 5 aromatic rings. The number of hydrogen-bond donors (Lipinski definition) is 2. The molecule has 0 saturated carbocycles. The molecule has 9 heteroatoms. The summed E-state index contributed by atoms with van der Waals surface area (Å²) in [5, 5.41) is 18.8. The van der Waals surface area contributed by atoms with E-state index in [0.29, 0.717) is 13.5 Å². The van der Waals surface area contributed by atoms with Crippen molar-refractivity contribution in [2.75, 3.05) is 26.8 Å². The van der Waals surface area contributed by atoms with Crippen LogP contribution < -0.4 is 50.6 Å². The molecule has 4 aromatic carbocycles. The highest BCUT2D eigenvalue weighted by molar-refractivity contribution is 7.73. The van der Waals surface area contributed by atoms with Crippen LogP contribution in [0.25, 0.3) is 11.1 Å². The highest BCUT2D eigenvalue weighted by Crippen LogP contribution is 2.62.